The monoisotopic (exact) mass is 278 g/mol. The van der Waals surface area contributed by atoms with Gasteiger partial charge in [0.05, 0.1) is 25.9 Å². The molecule has 18 heavy (non-hydrogen) atoms. The Balaban J connectivity index is 2.12. The Morgan fingerprint density at radius 1 is 1.11 bits per heavy atom. The molecule has 2 aliphatic heterocycles. The van der Waals surface area contributed by atoms with Crippen LogP contribution in [0.25, 0.3) is 0 Å². The molecule has 2 rings (SSSR count). The molecule has 0 aliphatic carbocycles. The lowest BCUT2D eigenvalue weighted by molar-refractivity contribution is 0.00830. The molecule has 106 valence electrons. The molecule has 1 unspecified atom stereocenters. The number of morpholine rings is 1. The highest BCUT2D eigenvalue weighted by atomic mass is 32.2. The van der Waals surface area contributed by atoms with Gasteiger partial charge < -0.3 is 9.84 Å². The van der Waals surface area contributed by atoms with E-state index in [1.165, 1.54) is 4.31 Å². The standard InChI is InChI=1S/C11H22N2O4S/c14-9-11-10-17-8-7-13(11)18(15,16)12-5-3-1-2-4-6-12/h11,14H,1-10H2. The molecule has 2 saturated heterocycles. The molecule has 0 aromatic rings. The number of rotatable bonds is 3. The third kappa shape index (κ3) is 3.03. The van der Waals surface area contributed by atoms with Crippen LogP contribution < -0.4 is 0 Å². The molecule has 1 N–H and O–H groups in total. The minimum Gasteiger partial charge on any atom is -0.395 e. The van der Waals surface area contributed by atoms with Gasteiger partial charge >= 0.3 is 0 Å². The van der Waals surface area contributed by atoms with Crippen molar-refractivity contribution in [3.05, 3.63) is 0 Å². The molecule has 0 aromatic carbocycles. The van der Waals surface area contributed by atoms with Gasteiger partial charge in [0.2, 0.25) is 0 Å². The number of nitrogens with zero attached hydrogens (tertiary/aromatic N) is 2. The zero-order valence-corrected chi connectivity index (χ0v) is 11.4. The van der Waals surface area contributed by atoms with Gasteiger partial charge in [-0.2, -0.15) is 17.0 Å². The Morgan fingerprint density at radius 3 is 2.39 bits per heavy atom. The predicted molar refractivity (Wildman–Crippen MR) is 67.4 cm³/mol. The van der Waals surface area contributed by atoms with Gasteiger partial charge in [0.1, 0.15) is 0 Å². The van der Waals surface area contributed by atoms with Gasteiger partial charge in [-0.1, -0.05) is 12.8 Å². The Morgan fingerprint density at radius 2 is 1.78 bits per heavy atom. The van der Waals surface area contributed by atoms with Crippen molar-refractivity contribution in [1.29, 1.82) is 0 Å². The Hall–Kier alpha value is -0.210. The fourth-order valence-electron chi connectivity index (χ4n) is 2.51. The lowest BCUT2D eigenvalue weighted by Gasteiger charge is -2.36. The minimum atomic E-state index is -3.44. The molecule has 1 atom stereocenters. The maximum atomic E-state index is 12.5. The van der Waals surface area contributed by atoms with Crippen LogP contribution in [-0.2, 0) is 14.9 Å². The average molecular weight is 278 g/mol. The van der Waals surface area contributed by atoms with Gasteiger partial charge in [-0.15, -0.1) is 0 Å². The summed E-state index contributed by atoms with van der Waals surface area (Å²) in [7, 11) is -3.44. The van der Waals surface area contributed by atoms with Gasteiger partial charge in [0.15, 0.2) is 0 Å². The van der Waals surface area contributed by atoms with Gasteiger partial charge in [-0.25, -0.2) is 0 Å². The van der Waals surface area contributed by atoms with Crippen molar-refractivity contribution < 1.29 is 18.3 Å². The molecule has 0 bridgehead atoms. The zero-order chi connectivity index (χ0) is 13.0. The number of ether oxygens (including phenoxy) is 1. The molecule has 0 radical (unpaired) electrons. The SMILES string of the molecule is O=S(=O)(N1CCCCCC1)N1CCOCC1CO. The lowest BCUT2D eigenvalue weighted by Crippen LogP contribution is -2.55. The topological polar surface area (TPSA) is 70.1 Å². The number of hydrogen-bond acceptors (Lipinski definition) is 4. The van der Waals surface area contributed by atoms with E-state index in [0.717, 1.165) is 25.7 Å². The molecule has 0 amide bonds. The second kappa shape index (κ2) is 6.29. The van der Waals surface area contributed by atoms with E-state index in [9.17, 15) is 13.5 Å². The molecule has 0 aromatic heterocycles. The molecule has 2 fully saturated rings. The van der Waals surface area contributed by atoms with Crippen LogP contribution in [0, 0.1) is 0 Å². The molecule has 2 aliphatic rings. The second-order valence-corrected chi connectivity index (χ2v) is 6.72. The largest absolute Gasteiger partial charge is 0.395 e. The fourth-order valence-corrected chi connectivity index (χ4v) is 4.33. The summed E-state index contributed by atoms with van der Waals surface area (Å²) in [6, 6.07) is -0.438. The van der Waals surface area contributed by atoms with E-state index < -0.39 is 16.3 Å². The maximum Gasteiger partial charge on any atom is 0.282 e. The van der Waals surface area contributed by atoms with Crippen molar-refractivity contribution in [2.45, 2.75) is 31.7 Å². The van der Waals surface area contributed by atoms with Crippen molar-refractivity contribution in [2.75, 3.05) is 39.5 Å². The quantitative estimate of drug-likeness (QED) is 0.776. The van der Waals surface area contributed by atoms with E-state index >= 15 is 0 Å². The Kier molecular flexibility index (Phi) is 4.97. The third-order valence-corrected chi connectivity index (χ3v) is 5.66. The van der Waals surface area contributed by atoms with Gasteiger partial charge in [-0.3, -0.25) is 0 Å². The smallest absolute Gasteiger partial charge is 0.282 e. The van der Waals surface area contributed by atoms with Crippen molar-refractivity contribution in [3.8, 4) is 0 Å². The number of aliphatic hydroxyl groups is 1. The number of aliphatic hydroxyl groups excluding tert-OH is 1. The molecule has 7 heteroatoms. The van der Waals surface area contributed by atoms with E-state index in [1.807, 2.05) is 0 Å². The van der Waals surface area contributed by atoms with Crippen LogP contribution in [0.2, 0.25) is 0 Å². The average Bonchev–Trinajstić information content (AvgIpc) is 2.68. The fraction of sp³-hybridized carbons (Fsp3) is 1.00. The van der Waals surface area contributed by atoms with Crippen LogP contribution >= 0.6 is 0 Å². The summed E-state index contributed by atoms with van der Waals surface area (Å²) in [4.78, 5) is 0. The zero-order valence-electron chi connectivity index (χ0n) is 10.6. The summed E-state index contributed by atoms with van der Waals surface area (Å²) in [5.41, 5.74) is 0. The maximum absolute atomic E-state index is 12.5. The summed E-state index contributed by atoms with van der Waals surface area (Å²) < 4.78 is 33.3. The highest BCUT2D eigenvalue weighted by Crippen LogP contribution is 2.20. The van der Waals surface area contributed by atoms with Crippen molar-refractivity contribution in [3.63, 3.8) is 0 Å². The lowest BCUT2D eigenvalue weighted by atomic mass is 10.2. The summed E-state index contributed by atoms with van der Waals surface area (Å²) in [6.45, 7) is 2.03. The van der Waals surface area contributed by atoms with Gasteiger partial charge in [-0.05, 0) is 12.8 Å². The van der Waals surface area contributed by atoms with Crippen LogP contribution in [0.1, 0.15) is 25.7 Å². The first-order valence-electron chi connectivity index (χ1n) is 6.62. The molecule has 0 spiro atoms. The molecule has 6 nitrogen and oxygen atoms in total. The summed E-state index contributed by atoms with van der Waals surface area (Å²) >= 11 is 0. The van der Waals surface area contributed by atoms with E-state index in [0.29, 0.717) is 26.2 Å². The van der Waals surface area contributed by atoms with Crippen LogP contribution in [0.3, 0.4) is 0 Å². The molecular formula is C11H22N2O4S. The first kappa shape index (κ1) is 14.2. The molecular weight excluding hydrogens is 256 g/mol. The highest BCUT2D eigenvalue weighted by molar-refractivity contribution is 7.86. The van der Waals surface area contributed by atoms with Crippen molar-refractivity contribution >= 4 is 10.2 Å². The second-order valence-electron chi connectivity index (χ2n) is 4.84. The van der Waals surface area contributed by atoms with Crippen LogP contribution in [0.5, 0.6) is 0 Å². The first-order valence-corrected chi connectivity index (χ1v) is 8.01. The predicted octanol–water partition coefficient (Wildman–Crippen LogP) is -0.200. The van der Waals surface area contributed by atoms with Gasteiger partial charge in [0.25, 0.3) is 10.2 Å². The van der Waals surface area contributed by atoms with E-state index in [4.69, 9.17) is 4.74 Å². The first-order chi connectivity index (χ1) is 8.66. The molecule has 2 heterocycles. The normalized spacial score (nSPS) is 29.1. The summed E-state index contributed by atoms with van der Waals surface area (Å²) in [5.74, 6) is 0. The van der Waals surface area contributed by atoms with E-state index in [-0.39, 0.29) is 13.2 Å². The van der Waals surface area contributed by atoms with Crippen LogP contribution in [0.15, 0.2) is 0 Å². The highest BCUT2D eigenvalue weighted by Gasteiger charge is 2.36. The molecule has 0 saturated carbocycles. The Bertz CT molecular complexity index is 352. The van der Waals surface area contributed by atoms with E-state index in [2.05, 4.69) is 0 Å². The third-order valence-electron chi connectivity index (χ3n) is 3.57. The summed E-state index contributed by atoms with van der Waals surface area (Å²) in [6.07, 6.45) is 4.04. The van der Waals surface area contributed by atoms with Gasteiger partial charge in [0, 0.05) is 19.6 Å². The summed E-state index contributed by atoms with van der Waals surface area (Å²) in [5, 5.41) is 9.27. The van der Waals surface area contributed by atoms with Crippen LogP contribution in [0.4, 0.5) is 0 Å². The minimum absolute atomic E-state index is 0.187. The Labute approximate surface area is 109 Å². The van der Waals surface area contributed by atoms with E-state index in [1.54, 1.807) is 4.31 Å². The number of hydrogen-bond donors (Lipinski definition) is 1. The van der Waals surface area contributed by atoms with Crippen molar-refractivity contribution in [1.82, 2.24) is 8.61 Å². The van der Waals surface area contributed by atoms with Crippen molar-refractivity contribution in [2.24, 2.45) is 0 Å². The van der Waals surface area contributed by atoms with Crippen LogP contribution in [-0.4, -0.2) is 67.6 Å².